The molecule has 0 aliphatic heterocycles. The summed E-state index contributed by atoms with van der Waals surface area (Å²) in [5, 5.41) is 4.28. The van der Waals surface area contributed by atoms with Crippen LogP contribution in [-0.2, 0) is 14.9 Å². The minimum atomic E-state index is -0.250. The highest BCUT2D eigenvalue weighted by Gasteiger charge is 2.22. The monoisotopic (exact) mass is 270 g/mol. The fraction of sp³-hybridized carbons (Fsp3) is 0.692. The highest BCUT2D eigenvalue weighted by atomic mass is 32.1. The van der Waals surface area contributed by atoms with E-state index >= 15 is 0 Å². The van der Waals surface area contributed by atoms with E-state index in [0.717, 1.165) is 10.7 Å². The van der Waals surface area contributed by atoms with Gasteiger partial charge in [0.15, 0.2) is 0 Å². The van der Waals surface area contributed by atoms with Crippen molar-refractivity contribution in [2.75, 3.05) is 13.7 Å². The van der Waals surface area contributed by atoms with Crippen molar-refractivity contribution in [2.45, 2.75) is 46.1 Å². The number of carbonyl (C=O) groups excluding carboxylic acids is 1. The van der Waals surface area contributed by atoms with Crippen LogP contribution >= 0.6 is 11.3 Å². The first-order valence-electron chi connectivity index (χ1n) is 6.03. The van der Waals surface area contributed by atoms with Gasteiger partial charge < -0.3 is 4.74 Å². The number of nitrogens with zero attached hydrogens (tertiary/aromatic N) is 1. The SMILES string of the molecule is COC(=O)CNC(C)c1sc(C(C)(C)C)nc1C. The molecule has 1 heterocycles. The van der Waals surface area contributed by atoms with E-state index < -0.39 is 0 Å². The molecule has 0 spiro atoms. The van der Waals surface area contributed by atoms with Crippen molar-refractivity contribution in [2.24, 2.45) is 0 Å². The molecule has 0 saturated carbocycles. The van der Waals surface area contributed by atoms with E-state index in [0.29, 0.717) is 0 Å². The van der Waals surface area contributed by atoms with Crippen LogP contribution < -0.4 is 5.32 Å². The summed E-state index contributed by atoms with van der Waals surface area (Å²) in [6, 6.07) is 0.109. The molecule has 0 aliphatic rings. The Kier molecular flexibility index (Phi) is 4.87. The first-order valence-corrected chi connectivity index (χ1v) is 6.85. The van der Waals surface area contributed by atoms with Gasteiger partial charge in [-0.15, -0.1) is 11.3 Å². The molecule has 1 N–H and O–H groups in total. The molecule has 0 saturated heterocycles. The maximum atomic E-state index is 11.1. The van der Waals surface area contributed by atoms with Crippen molar-refractivity contribution in [1.82, 2.24) is 10.3 Å². The topological polar surface area (TPSA) is 51.2 Å². The first kappa shape index (κ1) is 15.1. The van der Waals surface area contributed by atoms with Gasteiger partial charge in [-0.2, -0.15) is 0 Å². The molecule has 1 aromatic rings. The van der Waals surface area contributed by atoms with Crippen molar-refractivity contribution < 1.29 is 9.53 Å². The highest BCUT2D eigenvalue weighted by molar-refractivity contribution is 7.12. The van der Waals surface area contributed by atoms with E-state index in [4.69, 9.17) is 0 Å². The maximum Gasteiger partial charge on any atom is 0.319 e. The van der Waals surface area contributed by atoms with Gasteiger partial charge in [0.2, 0.25) is 0 Å². The second-order valence-electron chi connectivity index (χ2n) is 5.40. The molecule has 1 atom stereocenters. The molecule has 4 nitrogen and oxygen atoms in total. The molecule has 1 aromatic heterocycles. The Morgan fingerprint density at radius 2 is 2.11 bits per heavy atom. The summed E-state index contributed by atoms with van der Waals surface area (Å²) >= 11 is 1.71. The minimum absolute atomic E-state index is 0.0652. The van der Waals surface area contributed by atoms with Crippen LogP contribution in [0.3, 0.4) is 0 Å². The lowest BCUT2D eigenvalue weighted by atomic mass is 9.98. The third-order valence-electron chi connectivity index (χ3n) is 2.65. The Balaban J connectivity index is 2.77. The van der Waals surface area contributed by atoms with Gasteiger partial charge in [-0.3, -0.25) is 10.1 Å². The normalized spacial score (nSPS) is 13.4. The number of thiazole rings is 1. The summed E-state index contributed by atoms with van der Waals surface area (Å²) in [5.41, 5.74) is 1.10. The zero-order valence-electron chi connectivity index (χ0n) is 12.0. The summed E-state index contributed by atoms with van der Waals surface area (Å²) in [7, 11) is 1.39. The van der Waals surface area contributed by atoms with Crippen LogP contribution in [0.2, 0.25) is 0 Å². The minimum Gasteiger partial charge on any atom is -0.468 e. The van der Waals surface area contributed by atoms with Crippen molar-refractivity contribution in [3.8, 4) is 0 Å². The van der Waals surface area contributed by atoms with Crippen LogP contribution in [0, 0.1) is 6.92 Å². The van der Waals surface area contributed by atoms with Crippen molar-refractivity contribution in [3.05, 3.63) is 15.6 Å². The van der Waals surface area contributed by atoms with Crippen LogP contribution in [0.25, 0.3) is 0 Å². The van der Waals surface area contributed by atoms with Gasteiger partial charge in [0.25, 0.3) is 0 Å². The van der Waals surface area contributed by atoms with Gasteiger partial charge in [0.05, 0.1) is 24.4 Å². The fourth-order valence-electron chi connectivity index (χ4n) is 1.53. The average molecular weight is 270 g/mol. The Hall–Kier alpha value is -0.940. The number of nitrogens with one attached hydrogen (secondary N) is 1. The number of aromatic nitrogens is 1. The Labute approximate surface area is 113 Å². The number of hydrogen-bond acceptors (Lipinski definition) is 5. The van der Waals surface area contributed by atoms with Gasteiger partial charge in [0, 0.05) is 16.3 Å². The third kappa shape index (κ3) is 3.78. The predicted octanol–water partition coefficient (Wildman–Crippen LogP) is 2.57. The lowest BCUT2D eigenvalue weighted by Crippen LogP contribution is -2.26. The molecule has 102 valence electrons. The number of methoxy groups -OCH3 is 1. The Morgan fingerprint density at radius 1 is 1.50 bits per heavy atom. The molecule has 0 aromatic carbocycles. The summed E-state index contributed by atoms with van der Waals surface area (Å²) in [5.74, 6) is -0.250. The fourth-order valence-corrected chi connectivity index (χ4v) is 2.68. The van der Waals surface area contributed by atoms with Crippen molar-refractivity contribution in [1.29, 1.82) is 0 Å². The number of hydrogen-bond donors (Lipinski definition) is 1. The number of rotatable bonds is 4. The van der Waals surface area contributed by atoms with E-state index in [9.17, 15) is 4.79 Å². The van der Waals surface area contributed by atoms with Gasteiger partial charge >= 0.3 is 5.97 Å². The summed E-state index contributed by atoms with van der Waals surface area (Å²) in [4.78, 5) is 16.9. The second-order valence-corrected chi connectivity index (χ2v) is 6.43. The van der Waals surface area contributed by atoms with Crippen LogP contribution in [0.5, 0.6) is 0 Å². The molecule has 0 radical (unpaired) electrons. The van der Waals surface area contributed by atoms with Gasteiger partial charge in [0.1, 0.15) is 0 Å². The van der Waals surface area contributed by atoms with E-state index in [1.165, 1.54) is 12.0 Å². The van der Waals surface area contributed by atoms with Gasteiger partial charge in [-0.05, 0) is 13.8 Å². The van der Waals surface area contributed by atoms with E-state index in [-0.39, 0.29) is 24.0 Å². The van der Waals surface area contributed by atoms with Crippen LogP contribution in [0.1, 0.15) is 49.3 Å². The molecule has 0 aliphatic carbocycles. The molecule has 0 bridgehead atoms. The summed E-state index contributed by atoms with van der Waals surface area (Å²) < 4.78 is 4.61. The molecule has 5 heteroatoms. The number of carbonyl (C=O) groups is 1. The predicted molar refractivity (Wildman–Crippen MR) is 74.0 cm³/mol. The number of ether oxygens (including phenoxy) is 1. The molecule has 18 heavy (non-hydrogen) atoms. The third-order valence-corrected chi connectivity index (χ3v) is 4.41. The molecule has 1 unspecified atom stereocenters. The Bertz CT molecular complexity index is 421. The summed E-state index contributed by atoms with van der Waals surface area (Å²) in [6.45, 7) is 10.7. The lowest BCUT2D eigenvalue weighted by Gasteiger charge is -2.14. The van der Waals surface area contributed by atoms with Crippen LogP contribution in [-0.4, -0.2) is 24.6 Å². The van der Waals surface area contributed by atoms with Gasteiger partial charge in [-0.1, -0.05) is 20.8 Å². The zero-order valence-corrected chi connectivity index (χ0v) is 12.8. The Morgan fingerprint density at radius 3 is 2.56 bits per heavy atom. The second kappa shape index (κ2) is 5.80. The molecule has 0 amide bonds. The van der Waals surface area contributed by atoms with Crippen LogP contribution in [0.15, 0.2) is 0 Å². The summed E-state index contributed by atoms with van der Waals surface area (Å²) in [6.07, 6.45) is 0. The average Bonchev–Trinajstić information content (AvgIpc) is 2.67. The largest absolute Gasteiger partial charge is 0.468 e. The maximum absolute atomic E-state index is 11.1. The molecule has 1 rings (SSSR count). The molecular formula is C13H22N2O2S. The van der Waals surface area contributed by atoms with Crippen molar-refractivity contribution >= 4 is 17.3 Å². The molecular weight excluding hydrogens is 248 g/mol. The van der Waals surface area contributed by atoms with E-state index in [1.54, 1.807) is 11.3 Å². The molecule has 0 fully saturated rings. The van der Waals surface area contributed by atoms with Crippen molar-refractivity contribution in [3.63, 3.8) is 0 Å². The smallest absolute Gasteiger partial charge is 0.319 e. The number of aryl methyl sites for hydroxylation is 1. The lowest BCUT2D eigenvalue weighted by molar-refractivity contribution is -0.139. The zero-order chi connectivity index (χ0) is 13.9. The first-order chi connectivity index (χ1) is 8.25. The van der Waals surface area contributed by atoms with Gasteiger partial charge in [-0.25, -0.2) is 4.98 Å². The van der Waals surface area contributed by atoms with E-state index in [1.807, 2.05) is 13.8 Å². The number of esters is 1. The van der Waals surface area contributed by atoms with Crippen LogP contribution in [0.4, 0.5) is 0 Å². The standard InChI is InChI=1S/C13H22N2O2S/c1-8(14-7-10(16)17-6)11-9(2)15-12(18-11)13(3,4)5/h8,14H,7H2,1-6H3. The quantitative estimate of drug-likeness (QED) is 0.854. The highest BCUT2D eigenvalue weighted by Crippen LogP contribution is 2.32. The van der Waals surface area contributed by atoms with E-state index in [2.05, 4.69) is 35.8 Å².